The van der Waals surface area contributed by atoms with Crippen LogP contribution in [0.2, 0.25) is 0 Å². The molecule has 0 aliphatic rings. The van der Waals surface area contributed by atoms with Crippen molar-refractivity contribution >= 4 is 33.7 Å². The fourth-order valence-electron chi connectivity index (χ4n) is 2.72. The fourth-order valence-corrected chi connectivity index (χ4v) is 2.72. The highest BCUT2D eigenvalue weighted by atomic mass is 14.0. The molecule has 92 valence electrons. The molecule has 0 saturated carbocycles. The average molecular weight is 244 g/mol. The molecule has 0 bridgehead atoms. The van der Waals surface area contributed by atoms with Gasteiger partial charge in [-0.15, -0.1) is 0 Å². The van der Waals surface area contributed by atoms with Crippen LogP contribution >= 0.6 is 0 Å². The first-order valence-electron chi connectivity index (χ1n) is 6.54. The lowest BCUT2D eigenvalue weighted by atomic mass is 9.99. The molecule has 3 aromatic carbocycles. The largest absolute Gasteiger partial charge is 0.0990 e. The SMILES string of the molecule is C=C/C=c1/ccc2ccc3ccccc3c2/c1=C/C. The molecule has 0 spiro atoms. The van der Waals surface area contributed by atoms with Crippen molar-refractivity contribution in [1.29, 1.82) is 0 Å². The van der Waals surface area contributed by atoms with Crippen LogP contribution in [0.5, 0.6) is 0 Å². The Kier molecular flexibility index (Phi) is 2.92. The van der Waals surface area contributed by atoms with Gasteiger partial charge in [0.15, 0.2) is 0 Å². The van der Waals surface area contributed by atoms with Crippen LogP contribution < -0.4 is 10.4 Å². The van der Waals surface area contributed by atoms with E-state index in [2.05, 4.69) is 74.2 Å². The lowest BCUT2D eigenvalue weighted by molar-refractivity contribution is 1.58. The molecule has 0 fully saturated rings. The van der Waals surface area contributed by atoms with Gasteiger partial charge in [-0.25, -0.2) is 0 Å². The zero-order valence-corrected chi connectivity index (χ0v) is 11.1. The third-order valence-corrected chi connectivity index (χ3v) is 3.57. The van der Waals surface area contributed by atoms with E-state index in [-0.39, 0.29) is 0 Å². The maximum atomic E-state index is 3.80. The minimum Gasteiger partial charge on any atom is -0.0990 e. The zero-order valence-electron chi connectivity index (χ0n) is 11.1. The summed E-state index contributed by atoms with van der Waals surface area (Å²) in [6.45, 7) is 5.90. The molecule has 0 aliphatic carbocycles. The number of hydrogen-bond donors (Lipinski definition) is 0. The quantitative estimate of drug-likeness (QED) is 0.572. The second kappa shape index (κ2) is 4.74. The Morgan fingerprint density at radius 1 is 0.895 bits per heavy atom. The van der Waals surface area contributed by atoms with Gasteiger partial charge in [0.2, 0.25) is 0 Å². The van der Waals surface area contributed by atoms with Crippen LogP contribution in [0.3, 0.4) is 0 Å². The molecule has 19 heavy (non-hydrogen) atoms. The monoisotopic (exact) mass is 244 g/mol. The molecule has 0 atom stereocenters. The van der Waals surface area contributed by atoms with Gasteiger partial charge in [-0.05, 0) is 38.9 Å². The third-order valence-electron chi connectivity index (χ3n) is 3.57. The van der Waals surface area contributed by atoms with Crippen molar-refractivity contribution in [3.8, 4) is 0 Å². The Morgan fingerprint density at radius 3 is 2.42 bits per heavy atom. The second-order valence-electron chi connectivity index (χ2n) is 4.64. The first-order valence-corrected chi connectivity index (χ1v) is 6.54. The summed E-state index contributed by atoms with van der Waals surface area (Å²) in [6.07, 6.45) is 6.10. The Bertz CT molecular complexity index is 883. The van der Waals surface area contributed by atoms with Crippen molar-refractivity contribution in [2.75, 3.05) is 0 Å². The number of benzene rings is 3. The molecule has 0 radical (unpaired) electrons. The van der Waals surface area contributed by atoms with E-state index in [1.807, 2.05) is 6.08 Å². The number of allylic oxidation sites excluding steroid dienone is 1. The summed E-state index contributed by atoms with van der Waals surface area (Å²) in [7, 11) is 0. The highest BCUT2D eigenvalue weighted by Gasteiger charge is 2.01. The lowest BCUT2D eigenvalue weighted by Gasteiger charge is -2.05. The van der Waals surface area contributed by atoms with Crippen LogP contribution in [-0.2, 0) is 0 Å². The predicted octanol–water partition coefficient (Wildman–Crippen LogP) is 3.76. The molecule has 0 aliphatic heterocycles. The smallest absolute Gasteiger partial charge is 0.00301 e. The summed E-state index contributed by atoms with van der Waals surface area (Å²) in [5, 5.41) is 7.72. The van der Waals surface area contributed by atoms with Gasteiger partial charge < -0.3 is 0 Å². The minimum absolute atomic E-state index is 1.22. The Morgan fingerprint density at radius 2 is 1.63 bits per heavy atom. The standard InChI is InChI=1S/C19H16/c1-3-7-14-10-12-16-13-11-15-8-5-6-9-18(15)19(16)17(14)4-2/h3-13H,1H2,2H3/b14-7-,17-4+. The van der Waals surface area contributed by atoms with E-state index in [0.717, 1.165) is 0 Å². The van der Waals surface area contributed by atoms with Crippen LogP contribution in [0.25, 0.3) is 33.7 Å². The van der Waals surface area contributed by atoms with E-state index in [9.17, 15) is 0 Å². The molecule has 3 aromatic rings. The molecule has 0 N–H and O–H groups in total. The number of fused-ring (bicyclic) bond motifs is 3. The summed E-state index contributed by atoms with van der Waals surface area (Å²) in [5.41, 5.74) is 0. The highest BCUT2D eigenvalue weighted by Crippen LogP contribution is 2.21. The van der Waals surface area contributed by atoms with Crippen LogP contribution in [-0.4, -0.2) is 0 Å². The van der Waals surface area contributed by atoms with Gasteiger partial charge in [0.1, 0.15) is 0 Å². The van der Waals surface area contributed by atoms with Crippen molar-refractivity contribution in [3.05, 3.63) is 71.6 Å². The van der Waals surface area contributed by atoms with Crippen molar-refractivity contribution in [2.45, 2.75) is 6.92 Å². The number of rotatable bonds is 1. The van der Waals surface area contributed by atoms with Gasteiger partial charge in [-0.3, -0.25) is 0 Å². The summed E-state index contributed by atoms with van der Waals surface area (Å²) >= 11 is 0. The van der Waals surface area contributed by atoms with Gasteiger partial charge in [0, 0.05) is 0 Å². The van der Waals surface area contributed by atoms with Crippen LogP contribution in [0.4, 0.5) is 0 Å². The number of hydrogen-bond acceptors (Lipinski definition) is 0. The molecule has 3 rings (SSSR count). The Balaban J connectivity index is 2.68. The molecule has 0 heteroatoms. The minimum atomic E-state index is 1.22. The van der Waals surface area contributed by atoms with E-state index in [4.69, 9.17) is 0 Å². The van der Waals surface area contributed by atoms with Crippen molar-refractivity contribution in [2.24, 2.45) is 0 Å². The molecule has 0 amide bonds. The van der Waals surface area contributed by atoms with Crippen LogP contribution in [0, 0.1) is 0 Å². The summed E-state index contributed by atoms with van der Waals surface area (Å²) in [5.74, 6) is 0. The van der Waals surface area contributed by atoms with Gasteiger partial charge in [-0.2, -0.15) is 0 Å². The normalized spacial score (nSPS) is 13.3. The van der Waals surface area contributed by atoms with E-state index >= 15 is 0 Å². The first kappa shape index (κ1) is 11.7. The predicted molar refractivity (Wildman–Crippen MR) is 85.5 cm³/mol. The van der Waals surface area contributed by atoms with Gasteiger partial charge in [0.05, 0.1) is 0 Å². The van der Waals surface area contributed by atoms with E-state index in [0.29, 0.717) is 0 Å². The average Bonchev–Trinajstić information content (AvgIpc) is 2.47. The van der Waals surface area contributed by atoms with Crippen molar-refractivity contribution in [3.63, 3.8) is 0 Å². The van der Waals surface area contributed by atoms with E-state index in [1.54, 1.807) is 0 Å². The molecule has 0 aromatic heterocycles. The maximum Gasteiger partial charge on any atom is -0.00301 e. The third kappa shape index (κ3) is 1.86. The molecule has 0 nitrogen and oxygen atoms in total. The first-order chi connectivity index (χ1) is 9.35. The maximum absolute atomic E-state index is 3.80. The molecule has 0 saturated heterocycles. The van der Waals surface area contributed by atoms with Gasteiger partial charge >= 0.3 is 0 Å². The molecule has 0 unspecified atom stereocenters. The summed E-state index contributed by atoms with van der Waals surface area (Å²) < 4.78 is 0. The Hall–Kier alpha value is -2.34. The topological polar surface area (TPSA) is 0 Å². The second-order valence-corrected chi connectivity index (χ2v) is 4.64. The van der Waals surface area contributed by atoms with E-state index in [1.165, 1.54) is 32.0 Å². The lowest BCUT2D eigenvalue weighted by Crippen LogP contribution is -2.24. The van der Waals surface area contributed by atoms with Gasteiger partial charge in [-0.1, -0.05) is 73.3 Å². The van der Waals surface area contributed by atoms with Crippen LogP contribution in [0.15, 0.2) is 61.2 Å². The van der Waals surface area contributed by atoms with Gasteiger partial charge in [0.25, 0.3) is 0 Å². The Labute approximate surface area is 113 Å². The summed E-state index contributed by atoms with van der Waals surface area (Å²) in [4.78, 5) is 0. The summed E-state index contributed by atoms with van der Waals surface area (Å²) in [6, 6.07) is 17.3. The molecule has 0 heterocycles. The zero-order chi connectivity index (χ0) is 13.2. The van der Waals surface area contributed by atoms with E-state index < -0.39 is 0 Å². The van der Waals surface area contributed by atoms with Crippen LogP contribution in [0.1, 0.15) is 6.92 Å². The van der Waals surface area contributed by atoms with Crippen molar-refractivity contribution in [1.82, 2.24) is 0 Å². The highest BCUT2D eigenvalue weighted by molar-refractivity contribution is 6.07. The molecular weight excluding hydrogens is 228 g/mol. The van der Waals surface area contributed by atoms with Crippen molar-refractivity contribution < 1.29 is 0 Å². The fraction of sp³-hybridized carbons (Fsp3) is 0.0526. The molecular formula is C19H16.